The van der Waals surface area contributed by atoms with Crippen molar-refractivity contribution in [2.24, 2.45) is 0 Å². The molecular formula is C19H19NO2S2. The Morgan fingerprint density at radius 2 is 1.71 bits per heavy atom. The van der Waals surface area contributed by atoms with Crippen molar-refractivity contribution in [3.05, 3.63) is 64.9 Å². The third-order valence-corrected chi connectivity index (χ3v) is 7.42. The van der Waals surface area contributed by atoms with E-state index in [4.69, 9.17) is 0 Å². The summed E-state index contributed by atoms with van der Waals surface area (Å²) in [6.45, 7) is 1.19. The molecule has 0 spiro atoms. The summed E-state index contributed by atoms with van der Waals surface area (Å²) < 4.78 is 27.5. The van der Waals surface area contributed by atoms with Crippen molar-refractivity contribution < 1.29 is 8.42 Å². The summed E-state index contributed by atoms with van der Waals surface area (Å²) in [6, 6.07) is 15.4. The first-order valence-corrected chi connectivity index (χ1v) is 10.5. The first-order valence-electron chi connectivity index (χ1n) is 8.16. The maximum absolute atomic E-state index is 13.0. The molecule has 2 heterocycles. The molecular weight excluding hydrogens is 338 g/mol. The maximum atomic E-state index is 13.0. The normalized spacial score (nSPS) is 17.3. The molecule has 2 aromatic carbocycles. The van der Waals surface area contributed by atoms with E-state index in [0.29, 0.717) is 23.9 Å². The SMILES string of the molecule is O=S(=O)(c1ccc2ccccc2c1)N1CCC(c2ccsc2)CC1. The van der Waals surface area contributed by atoms with Gasteiger partial charge >= 0.3 is 0 Å². The predicted molar refractivity (Wildman–Crippen MR) is 99.0 cm³/mol. The van der Waals surface area contributed by atoms with Crippen LogP contribution in [0, 0.1) is 0 Å². The van der Waals surface area contributed by atoms with Gasteiger partial charge in [-0.15, -0.1) is 0 Å². The predicted octanol–water partition coefficient (Wildman–Crippen LogP) is 4.47. The molecule has 1 aromatic heterocycles. The van der Waals surface area contributed by atoms with E-state index in [-0.39, 0.29) is 0 Å². The van der Waals surface area contributed by atoms with Gasteiger partial charge in [0.15, 0.2) is 0 Å². The summed E-state index contributed by atoms with van der Waals surface area (Å²) in [5.74, 6) is 0.485. The number of hydrogen-bond donors (Lipinski definition) is 0. The molecule has 0 amide bonds. The van der Waals surface area contributed by atoms with Gasteiger partial charge in [-0.05, 0) is 64.1 Å². The van der Waals surface area contributed by atoms with E-state index in [0.717, 1.165) is 23.6 Å². The van der Waals surface area contributed by atoms with E-state index in [1.165, 1.54) is 5.56 Å². The topological polar surface area (TPSA) is 37.4 Å². The quantitative estimate of drug-likeness (QED) is 0.693. The Labute approximate surface area is 146 Å². The van der Waals surface area contributed by atoms with Gasteiger partial charge in [-0.2, -0.15) is 15.6 Å². The smallest absolute Gasteiger partial charge is 0.207 e. The Balaban J connectivity index is 1.56. The van der Waals surface area contributed by atoms with Crippen LogP contribution in [-0.2, 0) is 10.0 Å². The lowest BCUT2D eigenvalue weighted by Gasteiger charge is -2.31. The van der Waals surface area contributed by atoms with E-state index in [1.807, 2.05) is 30.3 Å². The molecule has 0 radical (unpaired) electrons. The summed E-state index contributed by atoms with van der Waals surface area (Å²) >= 11 is 1.71. The minimum Gasteiger partial charge on any atom is -0.207 e. The van der Waals surface area contributed by atoms with Crippen molar-refractivity contribution in [2.45, 2.75) is 23.7 Å². The minimum atomic E-state index is -3.41. The summed E-state index contributed by atoms with van der Waals surface area (Å²) in [6.07, 6.45) is 1.78. The fourth-order valence-corrected chi connectivity index (χ4v) is 5.66. The molecule has 0 N–H and O–H groups in total. The van der Waals surface area contributed by atoms with Crippen LogP contribution in [0.25, 0.3) is 10.8 Å². The van der Waals surface area contributed by atoms with E-state index < -0.39 is 10.0 Å². The van der Waals surface area contributed by atoms with Gasteiger partial charge < -0.3 is 0 Å². The zero-order valence-electron chi connectivity index (χ0n) is 13.3. The van der Waals surface area contributed by atoms with Crippen molar-refractivity contribution >= 4 is 32.1 Å². The van der Waals surface area contributed by atoms with E-state index in [2.05, 4.69) is 16.8 Å². The highest BCUT2D eigenvalue weighted by Gasteiger charge is 2.30. The summed E-state index contributed by atoms with van der Waals surface area (Å²) in [7, 11) is -3.41. The van der Waals surface area contributed by atoms with Gasteiger partial charge in [0.2, 0.25) is 10.0 Å². The Kier molecular flexibility index (Phi) is 4.16. The van der Waals surface area contributed by atoms with Crippen LogP contribution in [0.2, 0.25) is 0 Å². The zero-order chi connectivity index (χ0) is 16.6. The number of piperidine rings is 1. The summed E-state index contributed by atoms with van der Waals surface area (Å²) in [5, 5.41) is 6.30. The van der Waals surface area contributed by atoms with Crippen LogP contribution < -0.4 is 0 Å². The van der Waals surface area contributed by atoms with Crippen molar-refractivity contribution in [2.75, 3.05) is 13.1 Å². The molecule has 1 aliphatic rings. The lowest BCUT2D eigenvalue weighted by Crippen LogP contribution is -2.37. The number of nitrogens with zero attached hydrogens (tertiary/aromatic N) is 1. The van der Waals surface area contributed by atoms with Gasteiger partial charge in [0.25, 0.3) is 0 Å². The van der Waals surface area contributed by atoms with Gasteiger partial charge in [-0.3, -0.25) is 0 Å². The highest BCUT2D eigenvalue weighted by molar-refractivity contribution is 7.89. The molecule has 0 saturated carbocycles. The number of rotatable bonds is 3. The molecule has 3 nitrogen and oxygen atoms in total. The monoisotopic (exact) mass is 357 g/mol. The second-order valence-corrected chi connectivity index (χ2v) is 8.96. The lowest BCUT2D eigenvalue weighted by atomic mass is 9.92. The zero-order valence-corrected chi connectivity index (χ0v) is 14.9. The number of fused-ring (bicyclic) bond motifs is 1. The van der Waals surface area contributed by atoms with Crippen LogP contribution in [0.5, 0.6) is 0 Å². The van der Waals surface area contributed by atoms with Gasteiger partial charge in [0.05, 0.1) is 4.90 Å². The van der Waals surface area contributed by atoms with Gasteiger partial charge in [-0.25, -0.2) is 8.42 Å². The summed E-state index contributed by atoms with van der Waals surface area (Å²) in [5.41, 5.74) is 1.35. The fraction of sp³-hybridized carbons (Fsp3) is 0.263. The van der Waals surface area contributed by atoms with Crippen molar-refractivity contribution in [3.8, 4) is 0 Å². The largest absolute Gasteiger partial charge is 0.243 e. The average Bonchev–Trinajstić information content (AvgIpc) is 3.16. The molecule has 1 saturated heterocycles. The van der Waals surface area contributed by atoms with E-state index >= 15 is 0 Å². The fourth-order valence-electron chi connectivity index (χ4n) is 3.41. The molecule has 1 aliphatic heterocycles. The maximum Gasteiger partial charge on any atom is 0.243 e. The minimum absolute atomic E-state index is 0.398. The Hall–Kier alpha value is -1.69. The lowest BCUT2D eigenvalue weighted by molar-refractivity contribution is 0.320. The second-order valence-electron chi connectivity index (χ2n) is 6.24. The van der Waals surface area contributed by atoms with Gasteiger partial charge in [-0.1, -0.05) is 30.3 Å². The first-order chi connectivity index (χ1) is 11.6. The van der Waals surface area contributed by atoms with Crippen LogP contribution in [0.1, 0.15) is 24.3 Å². The first kappa shape index (κ1) is 15.8. The molecule has 1 fully saturated rings. The van der Waals surface area contributed by atoms with Crippen LogP contribution in [0.15, 0.2) is 64.2 Å². The third-order valence-electron chi connectivity index (χ3n) is 4.83. The molecule has 5 heteroatoms. The van der Waals surface area contributed by atoms with Crippen molar-refractivity contribution in [1.82, 2.24) is 4.31 Å². The van der Waals surface area contributed by atoms with Crippen LogP contribution in [0.4, 0.5) is 0 Å². The molecule has 24 heavy (non-hydrogen) atoms. The van der Waals surface area contributed by atoms with Crippen molar-refractivity contribution in [3.63, 3.8) is 0 Å². The van der Waals surface area contributed by atoms with E-state index in [9.17, 15) is 8.42 Å². The Morgan fingerprint density at radius 1 is 0.958 bits per heavy atom. The number of benzene rings is 2. The standard InChI is InChI=1S/C19H19NO2S2/c21-24(22,19-6-5-15-3-1-2-4-17(15)13-19)20-10-7-16(8-11-20)18-9-12-23-14-18/h1-6,9,12-14,16H,7-8,10-11H2. The molecule has 0 unspecified atom stereocenters. The van der Waals surface area contributed by atoms with Crippen LogP contribution >= 0.6 is 11.3 Å². The van der Waals surface area contributed by atoms with Crippen LogP contribution in [-0.4, -0.2) is 25.8 Å². The third kappa shape index (κ3) is 2.88. The highest BCUT2D eigenvalue weighted by atomic mass is 32.2. The molecule has 3 aromatic rings. The molecule has 0 bridgehead atoms. The molecule has 124 valence electrons. The van der Waals surface area contributed by atoms with Crippen molar-refractivity contribution in [1.29, 1.82) is 0 Å². The molecule has 0 atom stereocenters. The molecule has 0 aliphatic carbocycles. The summed E-state index contributed by atoms with van der Waals surface area (Å²) in [4.78, 5) is 0.398. The molecule has 4 rings (SSSR count). The Morgan fingerprint density at radius 3 is 2.42 bits per heavy atom. The van der Waals surface area contributed by atoms with Gasteiger partial charge in [0.1, 0.15) is 0 Å². The average molecular weight is 358 g/mol. The Bertz CT molecular complexity index is 940. The van der Waals surface area contributed by atoms with Crippen LogP contribution in [0.3, 0.4) is 0 Å². The highest BCUT2D eigenvalue weighted by Crippen LogP contribution is 2.32. The number of sulfonamides is 1. The van der Waals surface area contributed by atoms with Gasteiger partial charge in [0, 0.05) is 13.1 Å². The van der Waals surface area contributed by atoms with E-state index in [1.54, 1.807) is 27.8 Å². The second kappa shape index (κ2) is 6.31. The number of hydrogen-bond acceptors (Lipinski definition) is 3. The number of thiophene rings is 1.